The fourth-order valence-electron chi connectivity index (χ4n) is 3.23. The molecule has 0 radical (unpaired) electrons. The molecule has 2 atom stereocenters. The minimum Gasteiger partial charge on any atom is -0.465 e. The summed E-state index contributed by atoms with van der Waals surface area (Å²) in [6.45, 7) is 0. The van der Waals surface area contributed by atoms with Crippen molar-refractivity contribution in [3.05, 3.63) is 64.7 Å². The number of nitrogens with zero attached hydrogens (tertiary/aromatic N) is 2. The molecule has 2 aromatic rings. The number of benzene rings is 2. The van der Waals surface area contributed by atoms with Gasteiger partial charge in [-0.05, 0) is 24.3 Å². The lowest BCUT2D eigenvalue weighted by atomic mass is 9.94. The average molecular weight is 385 g/mol. The number of amides is 2. The molecule has 8 heteroatoms. The first-order valence-electron chi connectivity index (χ1n) is 8.07. The highest BCUT2D eigenvalue weighted by molar-refractivity contribution is 6.33. The van der Waals surface area contributed by atoms with Crippen molar-refractivity contribution in [1.29, 1.82) is 0 Å². The van der Waals surface area contributed by atoms with Gasteiger partial charge < -0.3 is 9.57 Å². The molecule has 0 N–H and O–H groups in total. The van der Waals surface area contributed by atoms with E-state index < -0.39 is 29.8 Å². The van der Waals surface area contributed by atoms with Crippen LogP contribution in [0.4, 0.5) is 5.69 Å². The summed E-state index contributed by atoms with van der Waals surface area (Å²) in [6.07, 6.45) is -1.06. The zero-order valence-electron chi connectivity index (χ0n) is 14.1. The molecule has 1 fully saturated rings. The van der Waals surface area contributed by atoms with Crippen LogP contribution < -0.4 is 4.90 Å². The average Bonchev–Trinajstić information content (AvgIpc) is 3.22. The number of fused-ring (bicyclic) bond motifs is 1. The molecular formula is C19H13ClN2O5. The van der Waals surface area contributed by atoms with Crippen molar-refractivity contribution in [2.24, 2.45) is 11.1 Å². The van der Waals surface area contributed by atoms with Crippen molar-refractivity contribution in [2.75, 3.05) is 12.0 Å². The highest BCUT2D eigenvalue weighted by Crippen LogP contribution is 2.36. The Kier molecular flexibility index (Phi) is 4.16. The Morgan fingerprint density at radius 1 is 1.11 bits per heavy atom. The minimum atomic E-state index is -1.06. The number of para-hydroxylation sites is 1. The van der Waals surface area contributed by atoms with Gasteiger partial charge in [-0.15, -0.1) is 0 Å². The zero-order chi connectivity index (χ0) is 19.1. The van der Waals surface area contributed by atoms with Crippen LogP contribution in [0.25, 0.3) is 0 Å². The number of ether oxygens (including phenoxy) is 1. The molecule has 136 valence electrons. The van der Waals surface area contributed by atoms with Crippen LogP contribution in [0.1, 0.15) is 15.9 Å². The minimum absolute atomic E-state index is 0.117. The highest BCUT2D eigenvalue weighted by atomic mass is 35.5. The number of hydrogen-bond donors (Lipinski definition) is 0. The SMILES string of the molecule is COC(=O)c1ccccc1N1C(=O)[C@H]2C(c3ccc(Cl)cc3)=NO[C@H]2C1=O. The van der Waals surface area contributed by atoms with Crippen molar-refractivity contribution in [3.8, 4) is 0 Å². The Balaban J connectivity index is 1.73. The van der Waals surface area contributed by atoms with Crippen molar-refractivity contribution < 1.29 is 24.0 Å². The van der Waals surface area contributed by atoms with Crippen molar-refractivity contribution >= 4 is 40.8 Å². The van der Waals surface area contributed by atoms with Gasteiger partial charge in [-0.1, -0.05) is 41.0 Å². The number of anilines is 1. The van der Waals surface area contributed by atoms with E-state index in [-0.39, 0.29) is 11.3 Å². The summed E-state index contributed by atoms with van der Waals surface area (Å²) in [6, 6.07) is 13.0. The quantitative estimate of drug-likeness (QED) is 0.599. The van der Waals surface area contributed by atoms with Gasteiger partial charge in [0.25, 0.3) is 5.91 Å². The van der Waals surface area contributed by atoms with Gasteiger partial charge in [0, 0.05) is 10.6 Å². The summed E-state index contributed by atoms with van der Waals surface area (Å²) >= 11 is 5.90. The summed E-state index contributed by atoms with van der Waals surface area (Å²) in [5, 5.41) is 4.48. The summed E-state index contributed by atoms with van der Waals surface area (Å²) in [5.41, 5.74) is 1.27. The van der Waals surface area contributed by atoms with E-state index in [0.717, 1.165) is 4.90 Å². The van der Waals surface area contributed by atoms with Crippen LogP contribution in [0.5, 0.6) is 0 Å². The van der Waals surface area contributed by atoms with E-state index in [2.05, 4.69) is 5.16 Å². The van der Waals surface area contributed by atoms with Gasteiger partial charge in [-0.25, -0.2) is 9.69 Å². The third-order valence-electron chi connectivity index (χ3n) is 4.50. The van der Waals surface area contributed by atoms with Crippen molar-refractivity contribution in [1.82, 2.24) is 0 Å². The summed E-state index contributed by atoms with van der Waals surface area (Å²) < 4.78 is 4.75. The number of esters is 1. The van der Waals surface area contributed by atoms with Gasteiger partial charge in [0.15, 0.2) is 0 Å². The standard InChI is InChI=1S/C19H13ClN2O5/c1-26-19(25)12-4-2-3-5-13(12)22-17(23)14-15(21-27-16(14)18(22)24)10-6-8-11(20)9-7-10/h2-9,14,16H,1H3/t14-,16+/m0/s1. The van der Waals surface area contributed by atoms with Crippen LogP contribution in [0.2, 0.25) is 5.02 Å². The van der Waals surface area contributed by atoms with Gasteiger partial charge in [0.05, 0.1) is 18.4 Å². The van der Waals surface area contributed by atoms with Crippen LogP contribution in [-0.4, -0.2) is 36.7 Å². The van der Waals surface area contributed by atoms with E-state index in [1.54, 1.807) is 36.4 Å². The number of carbonyl (C=O) groups excluding carboxylic acids is 3. The van der Waals surface area contributed by atoms with E-state index in [4.69, 9.17) is 21.2 Å². The second kappa shape index (κ2) is 6.51. The summed E-state index contributed by atoms with van der Waals surface area (Å²) in [5.74, 6) is -2.61. The molecule has 27 heavy (non-hydrogen) atoms. The van der Waals surface area contributed by atoms with E-state index in [9.17, 15) is 14.4 Å². The predicted molar refractivity (Wildman–Crippen MR) is 96.6 cm³/mol. The Labute approximate surface area is 159 Å². The molecule has 0 spiro atoms. The van der Waals surface area contributed by atoms with Crippen LogP contribution in [0, 0.1) is 5.92 Å². The van der Waals surface area contributed by atoms with Gasteiger partial charge in [-0.3, -0.25) is 9.59 Å². The molecule has 0 aliphatic carbocycles. The maximum atomic E-state index is 13.1. The Morgan fingerprint density at radius 2 is 1.81 bits per heavy atom. The first-order chi connectivity index (χ1) is 13.0. The van der Waals surface area contributed by atoms with Gasteiger partial charge in [0.1, 0.15) is 11.6 Å². The molecule has 4 rings (SSSR count). The number of halogens is 1. The lowest BCUT2D eigenvalue weighted by molar-refractivity contribution is -0.126. The lowest BCUT2D eigenvalue weighted by Crippen LogP contribution is -2.34. The fraction of sp³-hybridized carbons (Fsp3) is 0.158. The molecule has 2 aromatic carbocycles. The molecule has 0 saturated carbocycles. The molecule has 0 aromatic heterocycles. The number of carbonyl (C=O) groups is 3. The van der Waals surface area contributed by atoms with E-state index in [0.29, 0.717) is 16.3 Å². The number of methoxy groups -OCH3 is 1. The number of oxime groups is 1. The topological polar surface area (TPSA) is 85.3 Å². The van der Waals surface area contributed by atoms with Gasteiger partial charge in [0.2, 0.25) is 12.0 Å². The number of imide groups is 1. The normalized spacial score (nSPS) is 21.0. The van der Waals surface area contributed by atoms with Gasteiger partial charge in [-0.2, -0.15) is 0 Å². The summed E-state index contributed by atoms with van der Waals surface area (Å²) in [7, 11) is 1.23. The Hall–Kier alpha value is -3.19. The first kappa shape index (κ1) is 17.2. The zero-order valence-corrected chi connectivity index (χ0v) is 14.8. The highest BCUT2D eigenvalue weighted by Gasteiger charge is 2.56. The van der Waals surface area contributed by atoms with E-state index >= 15 is 0 Å². The van der Waals surface area contributed by atoms with Crippen LogP contribution in [0.15, 0.2) is 53.7 Å². The third kappa shape index (κ3) is 2.67. The van der Waals surface area contributed by atoms with Gasteiger partial charge >= 0.3 is 5.97 Å². The van der Waals surface area contributed by atoms with E-state index in [1.165, 1.54) is 19.2 Å². The molecule has 2 amide bonds. The molecule has 2 aliphatic rings. The molecule has 0 bridgehead atoms. The largest absolute Gasteiger partial charge is 0.465 e. The lowest BCUT2D eigenvalue weighted by Gasteiger charge is -2.18. The van der Waals surface area contributed by atoms with Crippen LogP contribution in [-0.2, 0) is 19.2 Å². The molecule has 2 aliphatic heterocycles. The maximum absolute atomic E-state index is 13.1. The third-order valence-corrected chi connectivity index (χ3v) is 4.75. The molecule has 7 nitrogen and oxygen atoms in total. The predicted octanol–water partition coefficient (Wildman–Crippen LogP) is 2.42. The second-order valence-corrected chi connectivity index (χ2v) is 6.44. The second-order valence-electron chi connectivity index (χ2n) is 6.01. The fourth-order valence-corrected chi connectivity index (χ4v) is 3.35. The number of rotatable bonds is 3. The Bertz CT molecular complexity index is 986. The van der Waals surface area contributed by atoms with E-state index in [1.807, 2.05) is 0 Å². The molecular weight excluding hydrogens is 372 g/mol. The van der Waals surface area contributed by atoms with Crippen molar-refractivity contribution in [2.45, 2.75) is 6.10 Å². The van der Waals surface area contributed by atoms with Crippen molar-refractivity contribution in [3.63, 3.8) is 0 Å². The number of hydrogen-bond acceptors (Lipinski definition) is 6. The Morgan fingerprint density at radius 3 is 2.52 bits per heavy atom. The monoisotopic (exact) mass is 384 g/mol. The molecule has 1 saturated heterocycles. The van der Waals surface area contributed by atoms with Crippen LogP contribution >= 0.6 is 11.6 Å². The molecule has 0 unspecified atom stereocenters. The summed E-state index contributed by atoms with van der Waals surface area (Å²) in [4.78, 5) is 44.2. The smallest absolute Gasteiger partial charge is 0.339 e. The first-order valence-corrected chi connectivity index (χ1v) is 8.45. The molecule has 2 heterocycles. The van der Waals surface area contributed by atoms with Crippen LogP contribution in [0.3, 0.4) is 0 Å². The maximum Gasteiger partial charge on any atom is 0.339 e.